The van der Waals surface area contributed by atoms with Gasteiger partial charge >= 0.3 is 0 Å². The maximum absolute atomic E-state index is 10.2. The first kappa shape index (κ1) is 13.4. The zero-order valence-electron chi connectivity index (χ0n) is 12.0. The van der Waals surface area contributed by atoms with Crippen LogP contribution in [0.1, 0.15) is 18.1 Å². The van der Waals surface area contributed by atoms with Gasteiger partial charge in [0.05, 0.1) is 18.3 Å². The minimum atomic E-state index is -0.464. The molecule has 1 atom stereocenters. The Labute approximate surface area is 132 Å². The summed E-state index contributed by atoms with van der Waals surface area (Å²) >= 11 is 3.39. The molecule has 0 aliphatic carbocycles. The van der Waals surface area contributed by atoms with Crippen LogP contribution in [-0.2, 0) is 0 Å². The third kappa shape index (κ3) is 2.03. The number of aliphatic hydroxyl groups is 1. The van der Waals surface area contributed by atoms with Crippen LogP contribution in [0.2, 0.25) is 0 Å². The molecule has 0 radical (unpaired) electrons. The number of rotatable bonds is 2. The number of aryl methyl sites for hydroxylation is 1. The lowest BCUT2D eigenvalue weighted by molar-refractivity contribution is 0.240. The quantitative estimate of drug-likeness (QED) is 0.918. The minimum Gasteiger partial charge on any atom is -0.388 e. The highest BCUT2D eigenvalue weighted by molar-refractivity contribution is 8.17. The first-order chi connectivity index (χ1) is 10.1. The number of hydrogen-bond donors (Lipinski definition) is 1. The van der Waals surface area contributed by atoms with Crippen LogP contribution in [-0.4, -0.2) is 34.4 Å². The number of hydrogen-bond acceptors (Lipinski definition) is 5. The van der Waals surface area contributed by atoms with Gasteiger partial charge in [-0.1, -0.05) is 17.8 Å². The number of thioether (sulfide) groups is 1. The highest BCUT2D eigenvalue weighted by atomic mass is 32.2. The predicted octanol–water partition coefficient (Wildman–Crippen LogP) is 3.68. The molecule has 5 heteroatoms. The second kappa shape index (κ2) is 4.87. The average Bonchev–Trinajstić information content (AvgIpc) is 3.11. The molecule has 1 N–H and O–H groups in total. The van der Waals surface area contributed by atoms with Crippen molar-refractivity contribution in [2.45, 2.75) is 20.0 Å². The lowest BCUT2D eigenvalue weighted by Gasteiger charge is -2.19. The summed E-state index contributed by atoms with van der Waals surface area (Å²) in [4.78, 5) is 7.84. The van der Waals surface area contributed by atoms with Gasteiger partial charge in [-0.3, -0.25) is 4.99 Å². The van der Waals surface area contributed by atoms with Crippen molar-refractivity contribution in [2.24, 2.45) is 4.99 Å². The maximum Gasteiger partial charge on any atom is 0.168 e. The summed E-state index contributed by atoms with van der Waals surface area (Å²) in [6.45, 7) is 5.73. The van der Waals surface area contributed by atoms with Gasteiger partial charge in [0.1, 0.15) is 0 Å². The van der Waals surface area contributed by atoms with Gasteiger partial charge in [0, 0.05) is 21.7 Å². The number of thiophene rings is 1. The number of benzene rings is 1. The molecule has 2 aliphatic heterocycles. The van der Waals surface area contributed by atoms with E-state index in [9.17, 15) is 5.11 Å². The van der Waals surface area contributed by atoms with E-state index >= 15 is 0 Å². The highest BCUT2D eigenvalue weighted by Crippen LogP contribution is 2.45. The van der Waals surface area contributed by atoms with Crippen molar-refractivity contribution in [3.05, 3.63) is 39.6 Å². The lowest BCUT2D eigenvalue weighted by Crippen LogP contribution is -2.20. The molecule has 0 spiro atoms. The summed E-state index contributed by atoms with van der Waals surface area (Å²) in [5.41, 5.74) is 3.64. The fraction of sp³-hybridized carbons (Fsp3) is 0.312. The van der Waals surface area contributed by atoms with Gasteiger partial charge in [0.25, 0.3) is 0 Å². The van der Waals surface area contributed by atoms with Gasteiger partial charge in [-0.05, 0) is 42.3 Å². The summed E-state index contributed by atoms with van der Waals surface area (Å²) in [7, 11) is 0. The van der Waals surface area contributed by atoms with Gasteiger partial charge < -0.3 is 10.0 Å². The monoisotopic (exact) mass is 316 g/mol. The topological polar surface area (TPSA) is 35.8 Å². The molecule has 1 aromatic heterocycles. The summed E-state index contributed by atoms with van der Waals surface area (Å²) in [6.07, 6.45) is -0.464. The van der Waals surface area contributed by atoms with Crippen LogP contribution >= 0.6 is 23.1 Å². The van der Waals surface area contributed by atoms with Crippen molar-refractivity contribution in [2.75, 3.05) is 13.1 Å². The second-order valence-electron chi connectivity index (χ2n) is 5.46. The number of fused-ring (bicyclic) bond motifs is 2. The molecule has 1 unspecified atom stereocenters. The Bertz CT molecular complexity index is 789. The van der Waals surface area contributed by atoms with Crippen molar-refractivity contribution in [3.8, 4) is 0 Å². The third-order valence-corrected chi connectivity index (χ3v) is 6.09. The van der Waals surface area contributed by atoms with Crippen molar-refractivity contribution < 1.29 is 5.11 Å². The molecular formula is C16H16N2OS2. The molecule has 2 aliphatic rings. The second-order valence-corrected chi connectivity index (χ2v) is 7.38. The smallest absolute Gasteiger partial charge is 0.168 e. The third-order valence-electron chi connectivity index (χ3n) is 3.84. The molecular weight excluding hydrogens is 300 g/mol. The highest BCUT2D eigenvalue weighted by Gasteiger charge is 2.35. The maximum atomic E-state index is 10.2. The summed E-state index contributed by atoms with van der Waals surface area (Å²) in [5, 5.41) is 14.6. The zero-order valence-corrected chi connectivity index (χ0v) is 13.6. The van der Waals surface area contributed by atoms with E-state index < -0.39 is 6.10 Å². The van der Waals surface area contributed by atoms with E-state index in [0.29, 0.717) is 0 Å². The minimum absolute atomic E-state index is 0.464. The Kier molecular flexibility index (Phi) is 3.10. The number of aliphatic imine (C=N–C) groups is 1. The van der Waals surface area contributed by atoms with Gasteiger partial charge in [0.15, 0.2) is 5.17 Å². The normalized spacial score (nSPS) is 19.4. The van der Waals surface area contributed by atoms with Crippen molar-refractivity contribution in [1.29, 1.82) is 0 Å². The molecule has 4 rings (SSSR count). The van der Waals surface area contributed by atoms with Crippen LogP contribution in [0, 0.1) is 6.92 Å². The van der Waals surface area contributed by atoms with Crippen LogP contribution in [0.15, 0.2) is 33.5 Å². The van der Waals surface area contributed by atoms with E-state index in [1.807, 2.05) is 6.92 Å². The van der Waals surface area contributed by atoms with Crippen molar-refractivity contribution in [3.63, 3.8) is 0 Å². The lowest BCUT2D eigenvalue weighted by atomic mass is 10.0. The Morgan fingerprint density at radius 2 is 2.24 bits per heavy atom. The first-order valence-electron chi connectivity index (χ1n) is 7.05. The molecule has 0 fully saturated rings. The Morgan fingerprint density at radius 1 is 1.38 bits per heavy atom. The van der Waals surface area contributed by atoms with Crippen molar-refractivity contribution in [1.82, 2.24) is 4.90 Å². The zero-order chi connectivity index (χ0) is 14.6. The number of aliphatic hydroxyl groups excluding tert-OH is 1. The molecule has 0 bridgehead atoms. The molecule has 0 saturated carbocycles. The summed E-state index contributed by atoms with van der Waals surface area (Å²) in [6, 6.07) is 6.62. The molecule has 0 saturated heterocycles. The van der Waals surface area contributed by atoms with Crippen LogP contribution in [0.3, 0.4) is 0 Å². The fourth-order valence-electron chi connectivity index (χ4n) is 2.97. The molecule has 21 heavy (non-hydrogen) atoms. The Hall–Kier alpha value is -1.30. The van der Waals surface area contributed by atoms with E-state index in [1.165, 1.54) is 21.2 Å². The molecule has 1 aromatic carbocycles. The summed E-state index contributed by atoms with van der Waals surface area (Å²) < 4.78 is 1.29. The van der Waals surface area contributed by atoms with Crippen LogP contribution in [0.5, 0.6) is 0 Å². The summed E-state index contributed by atoms with van der Waals surface area (Å²) in [5.74, 6) is 0. The van der Waals surface area contributed by atoms with Gasteiger partial charge in [-0.25, -0.2) is 0 Å². The average molecular weight is 316 g/mol. The van der Waals surface area contributed by atoms with E-state index in [2.05, 4.69) is 40.4 Å². The van der Waals surface area contributed by atoms with Gasteiger partial charge in [-0.15, -0.1) is 11.3 Å². The van der Waals surface area contributed by atoms with Crippen LogP contribution in [0.25, 0.3) is 15.8 Å². The molecule has 0 amide bonds. The SMILES string of the molecule is Cc1cc(C2=C(C(C)O)SC3=NCCN32)c2sccc2c1. The molecule has 3 nitrogen and oxygen atoms in total. The molecule has 108 valence electrons. The van der Waals surface area contributed by atoms with Crippen molar-refractivity contribution >= 4 is 44.0 Å². The number of amidine groups is 1. The molecule has 2 aromatic rings. The van der Waals surface area contributed by atoms with E-state index in [-0.39, 0.29) is 0 Å². The Morgan fingerprint density at radius 3 is 3.05 bits per heavy atom. The standard InChI is InChI=1S/C16H16N2OS2/c1-9-7-11-3-6-20-15(11)12(8-9)13-14(10(2)19)21-16-17-4-5-18(13)16/h3,6-8,10,19H,4-5H2,1-2H3. The predicted molar refractivity (Wildman–Crippen MR) is 91.8 cm³/mol. The molecule has 3 heterocycles. The van der Waals surface area contributed by atoms with Gasteiger partial charge in [-0.2, -0.15) is 0 Å². The van der Waals surface area contributed by atoms with Crippen LogP contribution in [0.4, 0.5) is 0 Å². The van der Waals surface area contributed by atoms with Gasteiger partial charge in [0.2, 0.25) is 0 Å². The number of nitrogens with zero attached hydrogens (tertiary/aromatic N) is 2. The largest absolute Gasteiger partial charge is 0.388 e. The fourth-order valence-corrected chi connectivity index (χ4v) is 5.00. The van der Waals surface area contributed by atoms with E-state index in [0.717, 1.165) is 28.9 Å². The Balaban J connectivity index is 1.99. The van der Waals surface area contributed by atoms with Crippen LogP contribution < -0.4 is 0 Å². The van der Waals surface area contributed by atoms with E-state index in [4.69, 9.17) is 0 Å². The first-order valence-corrected chi connectivity index (χ1v) is 8.75. The van der Waals surface area contributed by atoms with E-state index in [1.54, 1.807) is 23.1 Å².